The van der Waals surface area contributed by atoms with E-state index in [0.717, 1.165) is 227 Å². The van der Waals surface area contributed by atoms with Crippen LogP contribution in [0.2, 0.25) is 0 Å². The first kappa shape index (κ1) is 87.0. The highest BCUT2D eigenvalue weighted by Crippen LogP contribution is 2.50. The summed E-state index contributed by atoms with van der Waals surface area (Å²) in [6, 6.07) is 155. The summed E-state index contributed by atoms with van der Waals surface area (Å²) in [6.45, 7) is 0. The smallest absolute Gasteiger partial charge is 0.164 e. The van der Waals surface area contributed by atoms with Gasteiger partial charge >= 0.3 is 0 Å². The molecule has 0 aliphatic carbocycles. The molecule has 0 fully saturated rings. The highest BCUT2D eigenvalue weighted by Gasteiger charge is 2.29. The minimum Gasteiger partial charge on any atom is -0.455 e. The Labute approximate surface area is 818 Å². The van der Waals surface area contributed by atoms with Crippen LogP contribution >= 0.6 is 0 Å². The molecule has 0 atom stereocenters. The summed E-state index contributed by atoms with van der Waals surface area (Å²) < 4.78 is 20.0. The molecule has 0 N–H and O–H groups in total. The molecular formula is C128H87N11O3. The molecule has 19 aromatic carbocycles. The molecule has 3 aromatic heterocycles. The average Bonchev–Trinajstić information content (AvgIpc) is 1.56. The molecule has 0 bridgehead atoms. The van der Waals surface area contributed by atoms with Crippen molar-refractivity contribution in [3.8, 4) is 170 Å². The maximum atomic E-state index is 6.71. The van der Waals surface area contributed by atoms with Crippen LogP contribution in [-0.2, 0) is 0 Å². The van der Waals surface area contributed by atoms with Gasteiger partial charge in [0.05, 0.1) is 61.7 Å². The molecule has 28 rings (SSSR count). The van der Waals surface area contributed by atoms with Gasteiger partial charge in [0.2, 0.25) is 0 Å². The van der Waals surface area contributed by atoms with Gasteiger partial charge in [0.1, 0.15) is 34.0 Å². The lowest BCUT2D eigenvalue weighted by atomic mass is 9.98. The van der Waals surface area contributed by atoms with Gasteiger partial charge in [-0.3, -0.25) is 0 Å². The third-order valence-corrected chi connectivity index (χ3v) is 26.0. The molecule has 0 radical (unpaired) electrons. The predicted octanol–water partition coefficient (Wildman–Crippen LogP) is 33.9. The average molecular weight is 1830 g/mol. The Morgan fingerprint density at radius 2 is 0.401 bits per heavy atom. The first-order valence-electron chi connectivity index (χ1n) is 46.2. The summed E-state index contributed by atoms with van der Waals surface area (Å²) in [7, 11) is 0. The molecule has 14 heteroatoms. The molecular weight excluding hydrogens is 1740 g/mol. The fourth-order valence-corrected chi connectivity index (χ4v) is 19.4. The zero-order valence-corrected chi connectivity index (χ0v) is 74.4. The fraction of sp³-hybridized carbons (Fsp3) is 0.0234. The summed E-state index contributed by atoms with van der Waals surface area (Å²) in [6.07, 6.45) is 0. The second-order valence-corrected chi connectivity index (χ2v) is 34.6. The van der Waals surface area contributed by atoms with E-state index in [1.165, 1.54) is 10.8 Å². The van der Waals surface area contributed by atoms with Crippen LogP contribution in [0.3, 0.4) is 0 Å². The largest absolute Gasteiger partial charge is 0.455 e. The molecule has 0 saturated heterocycles. The molecule has 0 spiro atoms. The van der Waals surface area contributed by atoms with Crippen LogP contribution in [0, 0.1) is 0 Å². The number of fused-ring (bicyclic) bond motifs is 19. The van der Waals surface area contributed by atoms with E-state index < -0.39 is 0 Å². The van der Waals surface area contributed by atoms with Crippen molar-refractivity contribution in [1.29, 1.82) is 0 Å². The number of benzene rings is 19. The predicted molar refractivity (Wildman–Crippen MR) is 582 cm³/mol. The molecule has 9 heterocycles. The summed E-state index contributed by atoms with van der Waals surface area (Å²) >= 11 is 0. The van der Waals surface area contributed by atoms with Crippen molar-refractivity contribution < 1.29 is 13.3 Å². The van der Waals surface area contributed by atoms with E-state index in [2.05, 4.69) is 303 Å². The molecule has 14 nitrogen and oxygen atoms in total. The van der Waals surface area contributed by atoms with E-state index in [1.807, 2.05) is 152 Å². The van der Waals surface area contributed by atoms with Crippen molar-refractivity contribution in [2.45, 2.75) is 22.3 Å². The summed E-state index contributed by atoms with van der Waals surface area (Å²) in [5, 5.41) is 15.2. The van der Waals surface area contributed by atoms with E-state index in [9.17, 15) is 0 Å². The van der Waals surface area contributed by atoms with Crippen LogP contribution in [-0.4, -0.2) is 54.8 Å². The van der Waals surface area contributed by atoms with Crippen LogP contribution in [0.1, 0.15) is 22.3 Å². The zero-order chi connectivity index (χ0) is 91.8. The van der Waals surface area contributed by atoms with Crippen molar-refractivity contribution in [3.05, 3.63) is 455 Å². The van der Waals surface area contributed by atoms with Crippen LogP contribution in [0.15, 0.2) is 468 Å². The lowest BCUT2D eigenvalue weighted by Crippen LogP contribution is -2.01. The third-order valence-electron chi connectivity index (χ3n) is 26.0. The lowest BCUT2D eigenvalue weighted by Gasteiger charge is -2.13. The summed E-state index contributed by atoms with van der Waals surface area (Å²) in [5.41, 5.74) is 24.1. The minimum absolute atomic E-state index is 0. The Balaban J connectivity index is 0.000000118. The number of hydrogen-bond donors (Lipinski definition) is 0. The van der Waals surface area contributed by atoms with Gasteiger partial charge in [0.15, 0.2) is 40.8 Å². The molecule has 6 aliphatic rings. The molecule has 22 aromatic rings. The van der Waals surface area contributed by atoms with Crippen LogP contribution < -0.4 is 0 Å². The van der Waals surface area contributed by atoms with Crippen LogP contribution in [0.4, 0.5) is 0 Å². The van der Waals surface area contributed by atoms with E-state index in [-0.39, 0.29) is 22.3 Å². The van der Waals surface area contributed by atoms with Gasteiger partial charge in [-0.15, -0.1) is 0 Å². The highest BCUT2D eigenvalue weighted by atomic mass is 16.3. The van der Waals surface area contributed by atoms with Crippen LogP contribution in [0.25, 0.3) is 279 Å². The van der Waals surface area contributed by atoms with Gasteiger partial charge in [0.25, 0.3) is 0 Å². The zero-order valence-electron chi connectivity index (χ0n) is 74.4. The van der Waals surface area contributed by atoms with E-state index >= 15 is 0 Å². The minimum atomic E-state index is 0. The van der Waals surface area contributed by atoms with Crippen molar-refractivity contribution in [2.24, 2.45) is 0 Å². The number of nitrogens with zero attached hydrogens (tertiary/aromatic N) is 11. The third kappa shape index (κ3) is 15.9. The molecule has 672 valence electrons. The topological polar surface area (TPSA) is 181 Å². The maximum absolute atomic E-state index is 6.71. The van der Waals surface area contributed by atoms with Gasteiger partial charge in [-0.05, 0) is 134 Å². The highest BCUT2D eigenvalue weighted by molar-refractivity contribution is 6.14. The van der Waals surface area contributed by atoms with E-state index in [1.54, 1.807) is 0 Å². The van der Waals surface area contributed by atoms with Crippen molar-refractivity contribution >= 4 is 109 Å². The Bertz CT molecular complexity index is 9320. The first-order valence-corrected chi connectivity index (χ1v) is 46.2. The van der Waals surface area contributed by atoms with Crippen molar-refractivity contribution in [3.63, 3.8) is 0 Å². The van der Waals surface area contributed by atoms with Crippen molar-refractivity contribution in [2.75, 3.05) is 0 Å². The Hall–Kier alpha value is -19.1. The Morgan fingerprint density at radius 3 is 0.768 bits per heavy atom. The molecule has 0 saturated carbocycles. The summed E-state index contributed by atoms with van der Waals surface area (Å²) in [4.78, 5) is 55.9. The van der Waals surface area contributed by atoms with Gasteiger partial charge in [-0.25, -0.2) is 54.8 Å². The standard InChI is InChI=1S/2C44H26N4O.C37H23N3O.3CH4/c1-3-18-31-27(12-1)14-10-22-33(31)43-46-42(47-44(48-43)34-23-11-15-28-13-2-4-19-32(28)34)30-17-9-16-29(26-30)41-39-35-20-5-7-24-37(35)45-40(39)36-21-6-8-25-38(36)49-41;1-3-12-29-24-33(22-20-27(29)10-1)43-46-42(47-44(48-43)34-23-21-28-11-2-4-13-30(28)25-34)32-15-9-14-31(26-32)41-39-35-16-5-7-18-37(35)45-40(39)36-17-6-8-19-38(36)49-41;1-3-12-24(13-4-1)31-23-32(25-14-5-2-6-15-25)40-37(39-31)27-17-11-16-26(22-27)36-34-28-18-7-9-20-30(28)38-35(34)29-19-8-10-21-33(29)41-36;;;/h2*1-26H;1-23H;3*1H4. The Kier molecular flexibility index (Phi) is 22.6. The number of aromatic nitrogens is 11. The monoisotopic (exact) mass is 1830 g/mol. The first-order chi connectivity index (χ1) is 68.8. The second-order valence-electron chi connectivity index (χ2n) is 34.6. The second kappa shape index (κ2) is 36.9. The Morgan fingerprint density at radius 1 is 0.148 bits per heavy atom. The number of rotatable bonds is 12. The number of hydrogen-bond acceptors (Lipinski definition) is 14. The van der Waals surface area contributed by atoms with Gasteiger partial charge in [-0.2, -0.15) is 0 Å². The van der Waals surface area contributed by atoms with E-state index in [4.69, 9.17) is 68.1 Å². The van der Waals surface area contributed by atoms with Gasteiger partial charge < -0.3 is 13.3 Å². The number of para-hydroxylation sites is 6. The van der Waals surface area contributed by atoms with Crippen LogP contribution in [0.5, 0.6) is 0 Å². The maximum Gasteiger partial charge on any atom is 0.164 e. The molecule has 6 aliphatic heterocycles. The normalized spacial score (nSPS) is 11.4. The van der Waals surface area contributed by atoms with Crippen molar-refractivity contribution in [1.82, 2.24) is 54.8 Å². The van der Waals surface area contributed by atoms with E-state index in [0.29, 0.717) is 40.8 Å². The summed E-state index contributed by atoms with van der Waals surface area (Å²) in [5.74, 6) is 6.65. The molecule has 142 heavy (non-hydrogen) atoms. The molecule has 0 amide bonds. The van der Waals surface area contributed by atoms with Gasteiger partial charge in [-0.1, -0.05) is 386 Å². The lowest BCUT2D eigenvalue weighted by molar-refractivity contribution is 0.621. The molecule has 0 unspecified atom stereocenters. The van der Waals surface area contributed by atoms with Gasteiger partial charge in [0, 0.05) is 99.1 Å². The fourth-order valence-electron chi connectivity index (χ4n) is 19.4. The quantitative estimate of drug-likeness (QED) is 0.113. The SMILES string of the molecule is C.C.C.c1cc(-c2nc(-c3ccc4ccccc4c3)nc(-c3ccc4ccccc4c3)n2)cc(-c2oc3ccccc3c3nc4ccccc4c2-3)c1.c1cc(-c2nc(-c3cccc4ccccc34)nc(-c3cccc4ccccc34)n2)cc(-c2oc3ccccc3c3nc4ccccc4c2-3)c1.c1ccc(-c2cc(-c3ccccc3)nc(-c3cccc(-c4oc5ccccc5c5nc6ccccc6c4-5)c3)n2)cc1.